The van der Waals surface area contributed by atoms with Crippen molar-refractivity contribution in [2.45, 2.75) is 13.5 Å². The van der Waals surface area contributed by atoms with Gasteiger partial charge in [0, 0.05) is 26.7 Å². The number of hydrogen-bond donors (Lipinski definition) is 1. The number of benzene rings is 2. The van der Waals surface area contributed by atoms with Crippen molar-refractivity contribution in [3.8, 4) is 0 Å². The Morgan fingerprint density at radius 2 is 1.89 bits per heavy atom. The predicted molar refractivity (Wildman–Crippen MR) is 80.3 cm³/mol. The van der Waals surface area contributed by atoms with Crippen LogP contribution in [-0.4, -0.2) is 0 Å². The molecule has 0 spiro atoms. The van der Waals surface area contributed by atoms with Crippen molar-refractivity contribution in [1.82, 2.24) is 0 Å². The second-order valence-electron chi connectivity index (χ2n) is 4.07. The van der Waals surface area contributed by atoms with Gasteiger partial charge >= 0.3 is 0 Å². The van der Waals surface area contributed by atoms with Gasteiger partial charge in [-0.15, -0.1) is 0 Å². The van der Waals surface area contributed by atoms with Gasteiger partial charge in [0.05, 0.1) is 0 Å². The van der Waals surface area contributed by atoms with Gasteiger partial charge in [0.15, 0.2) is 0 Å². The van der Waals surface area contributed by atoms with Crippen LogP contribution in [0.1, 0.15) is 11.1 Å². The fourth-order valence-electron chi connectivity index (χ4n) is 1.62. The topological polar surface area (TPSA) is 12.0 Å². The summed E-state index contributed by atoms with van der Waals surface area (Å²) in [6.45, 7) is 2.49. The molecular formula is C14H12Br2FN. The van der Waals surface area contributed by atoms with Gasteiger partial charge in [-0.2, -0.15) is 0 Å². The third-order valence-electron chi connectivity index (χ3n) is 2.61. The van der Waals surface area contributed by atoms with Crippen molar-refractivity contribution in [2.24, 2.45) is 0 Å². The molecule has 1 nitrogen and oxygen atoms in total. The maximum Gasteiger partial charge on any atom is 0.129 e. The van der Waals surface area contributed by atoms with Crippen LogP contribution in [0.2, 0.25) is 0 Å². The zero-order valence-electron chi connectivity index (χ0n) is 9.81. The minimum atomic E-state index is -0.208. The second kappa shape index (κ2) is 5.85. The largest absolute Gasteiger partial charge is 0.380 e. The Hall–Kier alpha value is -0.870. The minimum Gasteiger partial charge on any atom is -0.380 e. The van der Waals surface area contributed by atoms with Crippen LogP contribution >= 0.6 is 31.9 Å². The van der Waals surface area contributed by atoms with Crippen molar-refractivity contribution in [2.75, 3.05) is 5.32 Å². The molecule has 0 fully saturated rings. The summed E-state index contributed by atoms with van der Waals surface area (Å²) < 4.78 is 15.4. The Balaban J connectivity index is 2.11. The summed E-state index contributed by atoms with van der Waals surface area (Å²) in [4.78, 5) is 0. The number of aryl methyl sites for hydroxylation is 1. The molecule has 0 bridgehead atoms. The summed E-state index contributed by atoms with van der Waals surface area (Å²) in [5.74, 6) is -0.208. The van der Waals surface area contributed by atoms with E-state index >= 15 is 0 Å². The van der Waals surface area contributed by atoms with E-state index in [1.165, 1.54) is 11.6 Å². The van der Waals surface area contributed by atoms with E-state index in [-0.39, 0.29) is 5.82 Å². The molecule has 2 aromatic carbocycles. The summed E-state index contributed by atoms with van der Waals surface area (Å²) in [6.07, 6.45) is 0. The predicted octanol–water partition coefficient (Wildman–Crippen LogP) is 5.27. The number of nitrogens with one attached hydrogen (secondary N) is 1. The second-order valence-corrected chi connectivity index (χ2v) is 5.84. The van der Waals surface area contributed by atoms with Gasteiger partial charge < -0.3 is 5.32 Å². The first-order chi connectivity index (χ1) is 8.56. The summed E-state index contributed by atoms with van der Waals surface area (Å²) in [7, 11) is 0. The molecule has 0 aliphatic carbocycles. The average molecular weight is 373 g/mol. The normalized spacial score (nSPS) is 10.4. The number of halogens is 3. The Morgan fingerprint density at radius 3 is 2.56 bits per heavy atom. The van der Waals surface area contributed by atoms with Crippen LogP contribution in [0.15, 0.2) is 45.3 Å². The van der Waals surface area contributed by atoms with E-state index in [0.29, 0.717) is 12.1 Å². The molecule has 0 aliphatic heterocycles. The van der Waals surface area contributed by atoms with Gasteiger partial charge in [-0.25, -0.2) is 4.39 Å². The van der Waals surface area contributed by atoms with E-state index in [1.807, 2.05) is 31.2 Å². The van der Waals surface area contributed by atoms with Crippen LogP contribution in [0.4, 0.5) is 10.1 Å². The highest BCUT2D eigenvalue weighted by molar-refractivity contribution is 9.10. The summed E-state index contributed by atoms with van der Waals surface area (Å²) in [5, 5.41) is 3.21. The maximum absolute atomic E-state index is 13.6. The van der Waals surface area contributed by atoms with Gasteiger partial charge in [0.25, 0.3) is 0 Å². The highest BCUT2D eigenvalue weighted by Crippen LogP contribution is 2.24. The third-order valence-corrected chi connectivity index (χ3v) is 3.76. The Bertz CT molecular complexity index is 518. The van der Waals surface area contributed by atoms with Gasteiger partial charge in [-0.3, -0.25) is 0 Å². The molecule has 2 aromatic rings. The van der Waals surface area contributed by atoms with Crippen molar-refractivity contribution < 1.29 is 4.39 Å². The molecule has 0 aliphatic rings. The lowest BCUT2D eigenvalue weighted by Crippen LogP contribution is -2.02. The lowest BCUT2D eigenvalue weighted by atomic mass is 10.2. The van der Waals surface area contributed by atoms with Crippen LogP contribution < -0.4 is 5.32 Å². The van der Waals surface area contributed by atoms with Gasteiger partial charge in [-0.1, -0.05) is 28.1 Å². The zero-order valence-corrected chi connectivity index (χ0v) is 13.0. The van der Waals surface area contributed by atoms with E-state index in [4.69, 9.17) is 0 Å². The first-order valence-electron chi connectivity index (χ1n) is 5.50. The standard InChI is InChI=1S/C14H12Br2FN/c1-9-2-5-14(12(16)6-9)18-8-10-3-4-11(15)7-13(10)17/h2-7,18H,8H2,1H3. The highest BCUT2D eigenvalue weighted by Gasteiger charge is 2.04. The van der Waals surface area contributed by atoms with Crippen LogP contribution in [0.25, 0.3) is 0 Å². The fourth-order valence-corrected chi connectivity index (χ4v) is 2.59. The molecule has 4 heteroatoms. The molecule has 0 saturated heterocycles. The molecule has 0 aromatic heterocycles. The van der Waals surface area contributed by atoms with Gasteiger partial charge in [0.1, 0.15) is 5.82 Å². The molecule has 2 rings (SSSR count). The van der Waals surface area contributed by atoms with Crippen LogP contribution in [0.3, 0.4) is 0 Å². The molecule has 0 unspecified atom stereocenters. The smallest absolute Gasteiger partial charge is 0.129 e. The molecule has 94 valence electrons. The number of rotatable bonds is 3. The summed E-state index contributed by atoms with van der Waals surface area (Å²) in [6, 6.07) is 11.1. The van der Waals surface area contributed by atoms with Crippen LogP contribution in [0.5, 0.6) is 0 Å². The SMILES string of the molecule is Cc1ccc(NCc2ccc(Br)cc2F)c(Br)c1. The van der Waals surface area contributed by atoms with E-state index in [9.17, 15) is 4.39 Å². The zero-order chi connectivity index (χ0) is 13.1. The molecule has 0 atom stereocenters. The van der Waals surface area contributed by atoms with Crippen molar-refractivity contribution in [1.29, 1.82) is 0 Å². The molecule has 0 saturated carbocycles. The fraction of sp³-hybridized carbons (Fsp3) is 0.143. The first kappa shape index (κ1) is 13.6. The highest BCUT2D eigenvalue weighted by atomic mass is 79.9. The number of hydrogen-bond acceptors (Lipinski definition) is 1. The van der Waals surface area contributed by atoms with Crippen molar-refractivity contribution in [3.63, 3.8) is 0 Å². The van der Waals surface area contributed by atoms with E-state index in [2.05, 4.69) is 37.2 Å². The third kappa shape index (κ3) is 3.33. The lowest BCUT2D eigenvalue weighted by molar-refractivity contribution is 0.612. The van der Waals surface area contributed by atoms with Crippen LogP contribution in [-0.2, 0) is 6.54 Å². The van der Waals surface area contributed by atoms with Gasteiger partial charge in [0.2, 0.25) is 0 Å². The van der Waals surface area contributed by atoms with Crippen molar-refractivity contribution >= 4 is 37.5 Å². The summed E-state index contributed by atoms with van der Waals surface area (Å²) >= 11 is 6.73. The van der Waals surface area contributed by atoms with E-state index < -0.39 is 0 Å². The quantitative estimate of drug-likeness (QED) is 0.773. The Labute approximate surface area is 123 Å². The molecule has 18 heavy (non-hydrogen) atoms. The average Bonchev–Trinajstić information content (AvgIpc) is 2.30. The van der Waals surface area contributed by atoms with Gasteiger partial charge in [-0.05, 0) is 52.7 Å². The number of anilines is 1. The van der Waals surface area contributed by atoms with E-state index in [1.54, 1.807) is 6.07 Å². The first-order valence-corrected chi connectivity index (χ1v) is 7.09. The summed E-state index contributed by atoms with van der Waals surface area (Å²) in [5.41, 5.74) is 2.79. The molecular weight excluding hydrogens is 361 g/mol. The lowest BCUT2D eigenvalue weighted by Gasteiger charge is -2.10. The molecule has 0 radical (unpaired) electrons. The molecule has 0 amide bonds. The van der Waals surface area contributed by atoms with Crippen molar-refractivity contribution in [3.05, 3.63) is 62.3 Å². The molecule has 1 N–H and O–H groups in total. The van der Waals surface area contributed by atoms with Crippen LogP contribution in [0, 0.1) is 12.7 Å². The van der Waals surface area contributed by atoms with E-state index in [0.717, 1.165) is 14.6 Å². The Morgan fingerprint density at radius 1 is 1.11 bits per heavy atom. The Kier molecular flexibility index (Phi) is 4.40. The minimum absolute atomic E-state index is 0.208. The monoisotopic (exact) mass is 371 g/mol. The molecule has 0 heterocycles. The maximum atomic E-state index is 13.6.